The van der Waals surface area contributed by atoms with Crippen molar-refractivity contribution >= 4 is 64.4 Å². The van der Waals surface area contributed by atoms with Gasteiger partial charge in [0.2, 0.25) is 12.4 Å². The Hall–Kier alpha value is -3.10. The maximum absolute atomic E-state index is 12.3. The third-order valence-corrected chi connectivity index (χ3v) is 6.74. The van der Waals surface area contributed by atoms with Crippen LogP contribution in [0.5, 0.6) is 0 Å². The molecule has 18 heteroatoms. The molecule has 0 aromatic carbocycles. The van der Waals surface area contributed by atoms with E-state index in [1.54, 1.807) is 0 Å². The van der Waals surface area contributed by atoms with Crippen molar-refractivity contribution in [3.8, 4) is 0 Å². The molecule has 17 nitrogen and oxygen atoms in total. The van der Waals surface area contributed by atoms with Crippen molar-refractivity contribution in [2.45, 2.75) is 110 Å². The number of esters is 7. The molecule has 0 spiro atoms. The normalized spacial score (nSPS) is 31.5. The molecule has 2 rings (SSSR count). The van der Waals surface area contributed by atoms with Crippen molar-refractivity contribution < 1.29 is 80.9 Å². The zero-order valence-corrected chi connectivity index (χ0v) is 27.2. The largest absolute Gasteiger partial charge is 0.463 e. The molecule has 2 fully saturated rings. The summed E-state index contributed by atoms with van der Waals surface area (Å²) in [6, 6.07) is 0. The van der Waals surface area contributed by atoms with E-state index in [1.165, 1.54) is 0 Å². The molecule has 44 heavy (non-hydrogen) atoms. The molecule has 0 N–H and O–H groups in total. The van der Waals surface area contributed by atoms with E-state index in [1.807, 2.05) is 22.6 Å². The number of hydrogen-bond acceptors (Lipinski definition) is 17. The molecule has 248 valence electrons. The van der Waals surface area contributed by atoms with Crippen molar-refractivity contribution in [2.24, 2.45) is 0 Å². The highest BCUT2D eigenvalue weighted by Gasteiger charge is 2.57. The Morgan fingerprint density at radius 2 is 0.864 bits per heavy atom. The van der Waals surface area contributed by atoms with Crippen LogP contribution in [-0.4, -0.2) is 114 Å². The van der Waals surface area contributed by atoms with Gasteiger partial charge in [-0.25, -0.2) is 0 Å². The van der Waals surface area contributed by atoms with E-state index in [4.69, 9.17) is 47.4 Å². The van der Waals surface area contributed by atoms with Crippen molar-refractivity contribution in [2.75, 3.05) is 11.0 Å². The summed E-state index contributed by atoms with van der Waals surface area (Å²) in [7, 11) is 0. The lowest BCUT2D eigenvalue weighted by atomic mass is 9.96. The number of ether oxygens (including phenoxy) is 10. The van der Waals surface area contributed by atoms with E-state index in [2.05, 4.69) is 0 Å². The van der Waals surface area contributed by atoms with Crippen LogP contribution in [0.1, 0.15) is 48.5 Å². The third kappa shape index (κ3) is 10.8. The summed E-state index contributed by atoms with van der Waals surface area (Å²) in [6.07, 6.45) is -14.7. The highest BCUT2D eigenvalue weighted by Crippen LogP contribution is 2.35. The van der Waals surface area contributed by atoms with Gasteiger partial charge in [-0.1, -0.05) is 22.6 Å². The first kappa shape index (κ1) is 37.1. The quantitative estimate of drug-likeness (QED) is 0.118. The summed E-state index contributed by atoms with van der Waals surface area (Å²) >= 11 is 1.92. The highest BCUT2D eigenvalue weighted by molar-refractivity contribution is 14.1. The Kier molecular flexibility index (Phi) is 14.2. The van der Waals surface area contributed by atoms with Gasteiger partial charge in [-0.3, -0.25) is 33.6 Å². The molecule has 0 radical (unpaired) electrons. The van der Waals surface area contributed by atoms with E-state index >= 15 is 0 Å². The van der Waals surface area contributed by atoms with Crippen LogP contribution in [0, 0.1) is 0 Å². The Bertz CT molecular complexity index is 1090. The number of carbonyl (C=O) groups excluding carboxylic acids is 7. The maximum Gasteiger partial charge on any atom is 0.305 e. The molecule has 0 aromatic heterocycles. The first-order valence-corrected chi connectivity index (χ1v) is 14.8. The Labute approximate surface area is 265 Å². The fourth-order valence-electron chi connectivity index (χ4n) is 4.52. The van der Waals surface area contributed by atoms with Crippen LogP contribution >= 0.6 is 22.6 Å². The highest BCUT2D eigenvalue weighted by atomic mass is 127. The first-order chi connectivity index (χ1) is 20.5. The molecule has 0 aliphatic carbocycles. The minimum atomic E-state index is -1.65. The summed E-state index contributed by atoms with van der Waals surface area (Å²) in [6.45, 7) is 6.96. The van der Waals surface area contributed by atoms with Gasteiger partial charge >= 0.3 is 41.8 Å². The first-order valence-electron chi connectivity index (χ1n) is 13.2. The predicted octanol–water partition coefficient (Wildman–Crippen LogP) is 0.0411. The lowest BCUT2D eigenvalue weighted by Crippen LogP contribution is -2.67. The molecular weight excluding hydrogens is 711 g/mol. The molecule has 0 amide bonds. The second-order valence-corrected chi connectivity index (χ2v) is 10.5. The fourth-order valence-corrected chi connectivity index (χ4v) is 5.23. The second kappa shape index (κ2) is 16.8. The molecule has 10 atom stereocenters. The predicted molar refractivity (Wildman–Crippen MR) is 147 cm³/mol. The van der Waals surface area contributed by atoms with Gasteiger partial charge in [0.1, 0.15) is 24.9 Å². The standard InChI is InChI=1S/C26H35IO17/c1-10(28)35-9-18-20(22(38-13(4)31)23(39-14(5)32)25(43-18)41-16(7)34)44-26-24(40-15(6)33)21(37-12(3)30)19(36-11(2)29)17(8-27)42-26/h17-26H,8-9H2,1-7H3/t17-,18-,19-,20-,21+,22+,23-,24-,25-,26-/m1/s1. The molecule has 0 unspecified atom stereocenters. The number of alkyl halides is 1. The van der Waals surface area contributed by atoms with Crippen molar-refractivity contribution in [3.63, 3.8) is 0 Å². The smallest absolute Gasteiger partial charge is 0.305 e. The average Bonchev–Trinajstić information content (AvgIpc) is 2.87. The van der Waals surface area contributed by atoms with Gasteiger partial charge in [0.25, 0.3) is 0 Å². The molecule has 2 aliphatic rings. The maximum atomic E-state index is 12.3. The average molecular weight is 746 g/mol. The van der Waals surface area contributed by atoms with Gasteiger partial charge in [0.05, 0.1) is 0 Å². The third-order valence-electron chi connectivity index (χ3n) is 5.87. The minimum absolute atomic E-state index is 0.149. The summed E-state index contributed by atoms with van der Waals surface area (Å²) in [4.78, 5) is 84.1. The molecule has 2 saturated heterocycles. The number of hydrogen-bond donors (Lipinski definition) is 0. The van der Waals surface area contributed by atoms with Gasteiger partial charge in [0, 0.05) is 52.9 Å². The number of rotatable bonds is 11. The van der Waals surface area contributed by atoms with Crippen LogP contribution in [0.4, 0.5) is 0 Å². The fraction of sp³-hybridized carbons (Fsp3) is 0.731. The second-order valence-electron chi connectivity index (χ2n) is 9.62. The van der Waals surface area contributed by atoms with E-state index < -0.39 is 110 Å². The topological polar surface area (TPSA) is 212 Å². The summed E-state index contributed by atoms with van der Waals surface area (Å²) in [5, 5.41) is 0. The van der Waals surface area contributed by atoms with Gasteiger partial charge in [0.15, 0.2) is 30.7 Å². The van der Waals surface area contributed by atoms with Crippen LogP contribution in [0.15, 0.2) is 0 Å². The van der Waals surface area contributed by atoms with Crippen molar-refractivity contribution in [3.05, 3.63) is 0 Å². The van der Waals surface area contributed by atoms with Gasteiger partial charge in [-0.2, -0.15) is 0 Å². The molecule has 0 aromatic rings. The summed E-state index contributed by atoms with van der Waals surface area (Å²) in [5.74, 6) is -5.77. The van der Waals surface area contributed by atoms with Crippen molar-refractivity contribution in [1.29, 1.82) is 0 Å². The summed E-state index contributed by atoms with van der Waals surface area (Å²) in [5.41, 5.74) is 0. The molecule has 2 heterocycles. The van der Waals surface area contributed by atoms with E-state index in [-0.39, 0.29) is 4.43 Å². The number of halogens is 1. The van der Waals surface area contributed by atoms with Gasteiger partial charge in [-0.15, -0.1) is 0 Å². The lowest BCUT2D eigenvalue weighted by molar-refractivity contribution is -0.354. The number of carbonyl (C=O) groups is 7. The summed E-state index contributed by atoms with van der Waals surface area (Å²) < 4.78 is 55.5. The van der Waals surface area contributed by atoms with Crippen LogP contribution in [-0.2, 0) is 80.9 Å². The van der Waals surface area contributed by atoms with Crippen molar-refractivity contribution in [1.82, 2.24) is 0 Å². The Morgan fingerprint density at radius 1 is 0.477 bits per heavy atom. The van der Waals surface area contributed by atoms with Gasteiger partial charge < -0.3 is 47.4 Å². The van der Waals surface area contributed by atoms with E-state index in [9.17, 15) is 33.6 Å². The minimum Gasteiger partial charge on any atom is -0.463 e. The van der Waals surface area contributed by atoms with E-state index in [0.29, 0.717) is 0 Å². The molecule has 2 aliphatic heterocycles. The Balaban J connectivity index is 2.67. The van der Waals surface area contributed by atoms with Crippen LogP contribution in [0.3, 0.4) is 0 Å². The lowest BCUT2D eigenvalue weighted by Gasteiger charge is -2.48. The zero-order chi connectivity index (χ0) is 33.3. The van der Waals surface area contributed by atoms with Crippen LogP contribution in [0.2, 0.25) is 0 Å². The SMILES string of the molecule is CC(=O)OC[C@H]1O[C@@H](OC(C)=O)[C@H](OC(C)=O)[C@@H](OC(C)=O)[C@@H]1O[C@H]1O[C@H](CI)[C@@H](OC(C)=O)[C@H](OC(C)=O)[C@H]1OC(C)=O. The molecular formula is C26H35IO17. The van der Waals surface area contributed by atoms with Crippen LogP contribution < -0.4 is 0 Å². The van der Waals surface area contributed by atoms with Gasteiger partial charge in [-0.05, 0) is 0 Å². The zero-order valence-electron chi connectivity index (χ0n) is 25.0. The molecule has 0 saturated carbocycles. The van der Waals surface area contributed by atoms with E-state index in [0.717, 1.165) is 48.5 Å². The van der Waals surface area contributed by atoms with Crippen LogP contribution in [0.25, 0.3) is 0 Å². The Morgan fingerprint density at radius 3 is 1.30 bits per heavy atom. The molecule has 0 bridgehead atoms. The monoisotopic (exact) mass is 746 g/mol.